The topological polar surface area (TPSA) is 73.1 Å². The smallest absolute Gasteiger partial charge is 0.259 e. The number of hydrogen-bond donors (Lipinski definition) is 1. The summed E-state index contributed by atoms with van der Waals surface area (Å²) in [5, 5.41) is 11.5. The molecule has 1 atom stereocenters. The van der Waals surface area contributed by atoms with Crippen LogP contribution >= 0.6 is 11.3 Å². The molecule has 1 N–H and O–H groups in total. The Morgan fingerprint density at radius 2 is 2.26 bits per heavy atom. The summed E-state index contributed by atoms with van der Waals surface area (Å²) in [5.74, 6) is 1.80. The normalized spacial score (nSPS) is 12.3. The summed E-state index contributed by atoms with van der Waals surface area (Å²) in [6.45, 7) is 2.47. The number of aromatic nitrogens is 3. The van der Waals surface area contributed by atoms with Crippen LogP contribution in [0.25, 0.3) is 11.5 Å². The first-order chi connectivity index (χ1) is 11.2. The van der Waals surface area contributed by atoms with E-state index in [4.69, 9.17) is 9.26 Å². The summed E-state index contributed by atoms with van der Waals surface area (Å²) in [6.07, 6.45) is 2.70. The zero-order valence-electron chi connectivity index (χ0n) is 13.0. The number of rotatable bonds is 7. The van der Waals surface area contributed by atoms with Crippen LogP contribution < -0.4 is 5.32 Å². The highest BCUT2D eigenvalue weighted by Crippen LogP contribution is 2.18. The van der Waals surface area contributed by atoms with E-state index in [1.54, 1.807) is 24.6 Å². The van der Waals surface area contributed by atoms with E-state index in [9.17, 15) is 0 Å². The molecule has 7 heteroatoms. The summed E-state index contributed by atoms with van der Waals surface area (Å²) in [5.41, 5.74) is 2.12. The maximum atomic E-state index is 5.19. The molecule has 0 spiro atoms. The van der Waals surface area contributed by atoms with Gasteiger partial charge in [0.1, 0.15) is 12.4 Å². The Hall–Kier alpha value is -2.25. The second-order valence-corrected chi connectivity index (χ2v) is 6.04. The molecular weight excluding hydrogens is 312 g/mol. The molecule has 0 fully saturated rings. The van der Waals surface area contributed by atoms with E-state index in [2.05, 4.69) is 44.2 Å². The van der Waals surface area contributed by atoms with Gasteiger partial charge in [0.15, 0.2) is 5.82 Å². The molecule has 0 aliphatic rings. The fourth-order valence-corrected chi connectivity index (χ4v) is 2.91. The molecule has 120 valence electrons. The maximum Gasteiger partial charge on any atom is 0.259 e. The number of nitrogens with zero attached hydrogens (tertiary/aromatic N) is 3. The Morgan fingerprint density at radius 3 is 2.96 bits per heavy atom. The van der Waals surface area contributed by atoms with Crippen molar-refractivity contribution in [2.75, 3.05) is 12.4 Å². The third-order valence-corrected chi connectivity index (χ3v) is 4.00. The lowest BCUT2D eigenvalue weighted by Gasteiger charge is -2.13. The van der Waals surface area contributed by atoms with Gasteiger partial charge in [-0.05, 0) is 47.9 Å². The lowest BCUT2D eigenvalue weighted by Crippen LogP contribution is -2.18. The van der Waals surface area contributed by atoms with Gasteiger partial charge in [-0.25, -0.2) is 4.98 Å². The zero-order chi connectivity index (χ0) is 16.1. The predicted octanol–water partition coefficient (Wildman–Crippen LogP) is 3.38. The van der Waals surface area contributed by atoms with Gasteiger partial charge in [-0.3, -0.25) is 0 Å². The quantitative estimate of drug-likeness (QED) is 0.716. The molecule has 23 heavy (non-hydrogen) atoms. The van der Waals surface area contributed by atoms with Crippen LogP contribution in [0.1, 0.15) is 18.3 Å². The molecule has 3 rings (SSSR count). The number of nitrogens with one attached hydrogen (secondary N) is 1. The van der Waals surface area contributed by atoms with Crippen molar-refractivity contribution in [1.29, 1.82) is 0 Å². The third-order valence-electron chi connectivity index (χ3n) is 3.27. The van der Waals surface area contributed by atoms with Crippen LogP contribution in [0, 0.1) is 0 Å². The highest BCUT2D eigenvalue weighted by molar-refractivity contribution is 7.07. The summed E-state index contributed by atoms with van der Waals surface area (Å²) in [7, 11) is 1.59. The van der Waals surface area contributed by atoms with Gasteiger partial charge in [-0.2, -0.15) is 16.3 Å². The van der Waals surface area contributed by atoms with Crippen molar-refractivity contribution in [3.05, 3.63) is 46.5 Å². The van der Waals surface area contributed by atoms with Gasteiger partial charge < -0.3 is 14.6 Å². The first-order valence-corrected chi connectivity index (χ1v) is 8.24. The molecule has 0 bridgehead atoms. The van der Waals surface area contributed by atoms with Crippen LogP contribution in [0.15, 0.2) is 39.7 Å². The molecule has 0 unspecified atom stereocenters. The van der Waals surface area contributed by atoms with E-state index >= 15 is 0 Å². The first-order valence-electron chi connectivity index (χ1n) is 7.30. The molecule has 0 amide bonds. The molecular formula is C16H18N4O2S. The van der Waals surface area contributed by atoms with Crippen molar-refractivity contribution in [3.8, 4) is 11.5 Å². The van der Waals surface area contributed by atoms with Gasteiger partial charge >= 0.3 is 0 Å². The van der Waals surface area contributed by atoms with Crippen molar-refractivity contribution in [2.24, 2.45) is 0 Å². The molecule has 0 aliphatic carbocycles. The molecule has 0 aliphatic heterocycles. The second-order valence-electron chi connectivity index (χ2n) is 5.26. The molecule has 3 aromatic heterocycles. The first kappa shape index (κ1) is 15.6. The number of hydrogen-bond acceptors (Lipinski definition) is 7. The van der Waals surface area contributed by atoms with Crippen LogP contribution in [0.4, 0.5) is 5.82 Å². The molecule has 0 saturated carbocycles. The van der Waals surface area contributed by atoms with E-state index in [1.807, 2.05) is 12.1 Å². The van der Waals surface area contributed by atoms with E-state index in [1.165, 1.54) is 5.56 Å². The van der Waals surface area contributed by atoms with Crippen LogP contribution in [0.3, 0.4) is 0 Å². The highest BCUT2D eigenvalue weighted by atomic mass is 32.1. The van der Waals surface area contributed by atoms with Crippen molar-refractivity contribution >= 4 is 17.2 Å². The Bertz CT molecular complexity index is 725. The van der Waals surface area contributed by atoms with E-state index < -0.39 is 0 Å². The Labute approximate surface area is 138 Å². The third kappa shape index (κ3) is 4.14. The predicted molar refractivity (Wildman–Crippen MR) is 89.3 cm³/mol. The summed E-state index contributed by atoms with van der Waals surface area (Å²) in [6, 6.07) is 6.28. The summed E-state index contributed by atoms with van der Waals surface area (Å²) in [4.78, 5) is 8.66. The Morgan fingerprint density at radius 1 is 1.35 bits per heavy atom. The standard InChI is InChI=1S/C16H18N4O2S/c1-11(7-12-5-6-23-10-12)18-14-4-3-13(8-17-14)16-19-15(9-21-2)20-22-16/h3-6,8,10-11H,7,9H2,1-2H3,(H,17,18)/t11-/m1/s1. The average Bonchev–Trinajstić information content (AvgIpc) is 3.20. The molecule has 6 nitrogen and oxygen atoms in total. The van der Waals surface area contributed by atoms with Gasteiger partial charge in [0.25, 0.3) is 5.89 Å². The summed E-state index contributed by atoms with van der Waals surface area (Å²) < 4.78 is 10.2. The van der Waals surface area contributed by atoms with E-state index in [0.717, 1.165) is 17.8 Å². The van der Waals surface area contributed by atoms with Crippen molar-refractivity contribution in [1.82, 2.24) is 15.1 Å². The minimum atomic E-state index is 0.305. The van der Waals surface area contributed by atoms with Crippen LogP contribution in [0.2, 0.25) is 0 Å². The number of ether oxygens (including phenoxy) is 1. The van der Waals surface area contributed by atoms with Crippen LogP contribution in [-0.2, 0) is 17.8 Å². The lowest BCUT2D eigenvalue weighted by molar-refractivity contribution is 0.174. The second kappa shape index (κ2) is 7.34. The minimum absolute atomic E-state index is 0.305. The number of thiophene rings is 1. The summed E-state index contributed by atoms with van der Waals surface area (Å²) >= 11 is 1.72. The molecule has 3 heterocycles. The van der Waals surface area contributed by atoms with Gasteiger partial charge in [0, 0.05) is 19.3 Å². The maximum absolute atomic E-state index is 5.19. The fraction of sp³-hybridized carbons (Fsp3) is 0.312. The molecule has 0 radical (unpaired) electrons. The van der Waals surface area contributed by atoms with Gasteiger partial charge in [0.2, 0.25) is 0 Å². The van der Waals surface area contributed by atoms with Crippen molar-refractivity contribution < 1.29 is 9.26 Å². The van der Waals surface area contributed by atoms with E-state index in [0.29, 0.717) is 24.4 Å². The number of anilines is 1. The SMILES string of the molecule is COCc1noc(-c2ccc(N[C@H](C)Cc3ccsc3)nc2)n1. The van der Waals surface area contributed by atoms with Gasteiger partial charge in [-0.1, -0.05) is 5.16 Å². The zero-order valence-corrected chi connectivity index (χ0v) is 13.8. The highest BCUT2D eigenvalue weighted by Gasteiger charge is 2.10. The van der Waals surface area contributed by atoms with Gasteiger partial charge in [-0.15, -0.1) is 0 Å². The monoisotopic (exact) mass is 330 g/mol. The van der Waals surface area contributed by atoms with Crippen molar-refractivity contribution in [2.45, 2.75) is 26.0 Å². The van der Waals surface area contributed by atoms with Crippen LogP contribution in [0.5, 0.6) is 0 Å². The van der Waals surface area contributed by atoms with Crippen molar-refractivity contribution in [3.63, 3.8) is 0 Å². The van der Waals surface area contributed by atoms with Crippen LogP contribution in [-0.4, -0.2) is 28.3 Å². The van der Waals surface area contributed by atoms with Gasteiger partial charge in [0.05, 0.1) is 5.56 Å². The molecule has 0 aromatic carbocycles. The van der Waals surface area contributed by atoms with E-state index in [-0.39, 0.29) is 0 Å². The average molecular weight is 330 g/mol. The Balaban J connectivity index is 1.62. The lowest BCUT2D eigenvalue weighted by atomic mass is 10.1. The fourth-order valence-electron chi connectivity index (χ4n) is 2.23. The molecule has 3 aromatic rings. The minimum Gasteiger partial charge on any atom is -0.377 e. The number of methoxy groups -OCH3 is 1. The Kier molecular flexibility index (Phi) is 4.99. The molecule has 0 saturated heterocycles. The largest absolute Gasteiger partial charge is 0.377 e. The number of pyridine rings is 1.